The van der Waals surface area contributed by atoms with Gasteiger partial charge in [-0.3, -0.25) is 9.59 Å². The molecule has 0 heterocycles. The Morgan fingerprint density at radius 3 is 1.23 bits per heavy atom. The van der Waals surface area contributed by atoms with Gasteiger partial charge in [0.1, 0.15) is 0 Å². The SMILES string of the molecule is CCCCCCCCCCN(CCO)CCCCCCC(C(=O)OCCCCCCCC)C(=O)OCCCCCCCC. The van der Waals surface area contributed by atoms with Gasteiger partial charge in [-0.15, -0.1) is 0 Å². The van der Waals surface area contributed by atoms with Crippen molar-refractivity contribution in [1.29, 1.82) is 0 Å². The first-order valence-corrected chi connectivity index (χ1v) is 18.8. The van der Waals surface area contributed by atoms with E-state index in [9.17, 15) is 14.7 Å². The second-order valence-corrected chi connectivity index (χ2v) is 12.7. The molecule has 0 aliphatic carbocycles. The molecule has 0 amide bonds. The Morgan fingerprint density at radius 2 is 0.837 bits per heavy atom. The summed E-state index contributed by atoms with van der Waals surface area (Å²) in [5.74, 6) is -1.60. The van der Waals surface area contributed by atoms with Crippen LogP contribution in [-0.4, -0.2) is 61.4 Å². The first-order chi connectivity index (χ1) is 21.1. The molecule has 0 unspecified atom stereocenters. The summed E-state index contributed by atoms with van der Waals surface area (Å²) >= 11 is 0. The fraction of sp³-hybridized carbons (Fsp3) is 0.946. The van der Waals surface area contributed by atoms with E-state index < -0.39 is 17.9 Å². The van der Waals surface area contributed by atoms with Gasteiger partial charge in [-0.2, -0.15) is 0 Å². The van der Waals surface area contributed by atoms with Crippen molar-refractivity contribution in [2.24, 2.45) is 5.92 Å². The monoisotopic (exact) mass is 612 g/mol. The Labute approximate surface area is 267 Å². The highest BCUT2D eigenvalue weighted by atomic mass is 16.6. The summed E-state index contributed by atoms with van der Waals surface area (Å²) in [5, 5.41) is 9.49. The minimum atomic E-state index is -0.798. The minimum absolute atomic E-state index is 0.209. The molecule has 1 N–H and O–H groups in total. The second-order valence-electron chi connectivity index (χ2n) is 12.7. The normalized spacial score (nSPS) is 11.5. The molecule has 0 bridgehead atoms. The molecule has 0 rings (SSSR count). The number of esters is 2. The van der Waals surface area contributed by atoms with Crippen LogP contribution in [0.1, 0.15) is 181 Å². The molecule has 0 aromatic carbocycles. The number of unbranched alkanes of at least 4 members (excludes halogenated alkanes) is 20. The lowest BCUT2D eigenvalue weighted by Crippen LogP contribution is -2.29. The van der Waals surface area contributed by atoms with Crippen molar-refractivity contribution in [3.63, 3.8) is 0 Å². The fourth-order valence-electron chi connectivity index (χ4n) is 5.63. The van der Waals surface area contributed by atoms with Gasteiger partial charge in [0.2, 0.25) is 0 Å². The highest BCUT2D eigenvalue weighted by Crippen LogP contribution is 2.17. The minimum Gasteiger partial charge on any atom is -0.465 e. The van der Waals surface area contributed by atoms with E-state index in [1.165, 1.54) is 103 Å². The average Bonchev–Trinajstić information content (AvgIpc) is 3.00. The molecule has 43 heavy (non-hydrogen) atoms. The number of aliphatic hydroxyl groups is 1. The Bertz CT molecular complexity index is 570. The molecular formula is C37H73NO5. The molecule has 6 heteroatoms. The van der Waals surface area contributed by atoms with Crippen LogP contribution >= 0.6 is 0 Å². The number of carbonyl (C=O) groups is 2. The lowest BCUT2D eigenvalue weighted by Gasteiger charge is -2.21. The Morgan fingerprint density at radius 1 is 0.488 bits per heavy atom. The number of carbonyl (C=O) groups excluding carboxylic acids is 2. The highest BCUT2D eigenvalue weighted by Gasteiger charge is 2.29. The Balaban J connectivity index is 4.39. The highest BCUT2D eigenvalue weighted by molar-refractivity contribution is 5.94. The molecule has 0 aliphatic heterocycles. The molecule has 0 radical (unpaired) electrons. The van der Waals surface area contributed by atoms with Crippen molar-refractivity contribution in [3.8, 4) is 0 Å². The van der Waals surface area contributed by atoms with Crippen LogP contribution in [0.3, 0.4) is 0 Å². The number of aliphatic hydroxyl groups excluding tert-OH is 1. The van der Waals surface area contributed by atoms with E-state index in [0.29, 0.717) is 19.6 Å². The summed E-state index contributed by atoms with van der Waals surface area (Å²) in [7, 11) is 0. The van der Waals surface area contributed by atoms with Gasteiger partial charge < -0.3 is 19.5 Å². The number of hydrogen-bond acceptors (Lipinski definition) is 6. The summed E-state index contributed by atoms with van der Waals surface area (Å²) in [6.07, 6.45) is 28.6. The quantitative estimate of drug-likeness (QED) is 0.0443. The van der Waals surface area contributed by atoms with Gasteiger partial charge in [0.25, 0.3) is 0 Å². The van der Waals surface area contributed by atoms with Gasteiger partial charge in [0.05, 0.1) is 19.8 Å². The van der Waals surface area contributed by atoms with E-state index in [1.807, 2.05) is 0 Å². The maximum atomic E-state index is 12.9. The van der Waals surface area contributed by atoms with Crippen LogP contribution in [0, 0.1) is 5.92 Å². The second kappa shape index (κ2) is 33.7. The lowest BCUT2D eigenvalue weighted by atomic mass is 10.0. The van der Waals surface area contributed by atoms with Gasteiger partial charge in [0, 0.05) is 6.54 Å². The summed E-state index contributed by atoms with van der Waals surface area (Å²) in [5.41, 5.74) is 0. The predicted octanol–water partition coefficient (Wildman–Crippen LogP) is 9.80. The Hall–Kier alpha value is -1.14. The standard InChI is InChI=1S/C37H73NO5/c1-4-7-10-13-16-17-19-24-29-38(31-32-39)30-25-20-18-23-28-35(36(40)42-33-26-21-14-11-8-5-2)37(41)43-34-27-22-15-12-9-6-3/h35,39H,4-34H2,1-3H3. The van der Waals surface area contributed by atoms with Gasteiger partial charge in [0.15, 0.2) is 5.92 Å². The predicted molar refractivity (Wildman–Crippen MR) is 181 cm³/mol. The van der Waals surface area contributed by atoms with E-state index in [-0.39, 0.29) is 6.61 Å². The molecule has 0 aromatic heterocycles. The van der Waals surface area contributed by atoms with Gasteiger partial charge in [-0.1, -0.05) is 149 Å². The van der Waals surface area contributed by atoms with Crippen LogP contribution in [-0.2, 0) is 19.1 Å². The van der Waals surface area contributed by atoms with Crippen molar-refractivity contribution in [3.05, 3.63) is 0 Å². The largest absolute Gasteiger partial charge is 0.465 e. The van der Waals surface area contributed by atoms with Gasteiger partial charge in [-0.25, -0.2) is 0 Å². The van der Waals surface area contributed by atoms with Crippen molar-refractivity contribution < 1.29 is 24.2 Å². The molecule has 0 saturated heterocycles. The van der Waals surface area contributed by atoms with E-state index in [4.69, 9.17) is 9.47 Å². The van der Waals surface area contributed by atoms with Gasteiger partial charge in [-0.05, 0) is 45.2 Å². The van der Waals surface area contributed by atoms with Crippen LogP contribution in [0.2, 0.25) is 0 Å². The van der Waals surface area contributed by atoms with Gasteiger partial charge >= 0.3 is 11.9 Å². The summed E-state index contributed by atoms with van der Waals surface area (Å²) < 4.78 is 11.1. The zero-order valence-corrected chi connectivity index (χ0v) is 29.0. The van der Waals surface area contributed by atoms with Crippen molar-refractivity contribution >= 4 is 11.9 Å². The molecule has 0 saturated carbocycles. The van der Waals surface area contributed by atoms with Crippen LogP contribution in [0.4, 0.5) is 0 Å². The molecule has 0 fully saturated rings. The fourth-order valence-corrected chi connectivity index (χ4v) is 5.63. The molecule has 0 atom stereocenters. The third-order valence-electron chi connectivity index (χ3n) is 8.51. The summed E-state index contributed by atoms with van der Waals surface area (Å²) in [4.78, 5) is 28.1. The molecule has 256 valence electrons. The zero-order valence-electron chi connectivity index (χ0n) is 29.0. The smallest absolute Gasteiger partial charge is 0.320 e. The topological polar surface area (TPSA) is 76.1 Å². The Kier molecular flexibility index (Phi) is 32.9. The lowest BCUT2D eigenvalue weighted by molar-refractivity contribution is -0.162. The molecule has 6 nitrogen and oxygen atoms in total. The molecule has 0 spiro atoms. The first-order valence-electron chi connectivity index (χ1n) is 18.8. The maximum absolute atomic E-state index is 12.9. The zero-order chi connectivity index (χ0) is 31.6. The van der Waals surface area contributed by atoms with Crippen molar-refractivity contribution in [2.75, 3.05) is 39.5 Å². The summed E-state index contributed by atoms with van der Waals surface area (Å²) in [6, 6.07) is 0. The first kappa shape index (κ1) is 41.9. The number of ether oxygens (including phenoxy) is 2. The number of nitrogens with zero attached hydrogens (tertiary/aromatic N) is 1. The third-order valence-corrected chi connectivity index (χ3v) is 8.51. The molecular weight excluding hydrogens is 538 g/mol. The van der Waals surface area contributed by atoms with Crippen LogP contribution in [0.5, 0.6) is 0 Å². The van der Waals surface area contributed by atoms with Crippen LogP contribution in [0.25, 0.3) is 0 Å². The van der Waals surface area contributed by atoms with Crippen molar-refractivity contribution in [1.82, 2.24) is 4.90 Å². The van der Waals surface area contributed by atoms with Crippen LogP contribution < -0.4 is 0 Å². The van der Waals surface area contributed by atoms with E-state index in [0.717, 1.165) is 71.0 Å². The average molecular weight is 612 g/mol. The van der Waals surface area contributed by atoms with Crippen LogP contribution in [0.15, 0.2) is 0 Å². The van der Waals surface area contributed by atoms with Crippen molar-refractivity contribution in [2.45, 2.75) is 181 Å². The third kappa shape index (κ3) is 28.1. The van der Waals surface area contributed by atoms with E-state index >= 15 is 0 Å². The maximum Gasteiger partial charge on any atom is 0.320 e. The van der Waals surface area contributed by atoms with E-state index in [2.05, 4.69) is 25.7 Å². The number of hydrogen-bond donors (Lipinski definition) is 1. The summed E-state index contributed by atoms with van der Waals surface area (Å²) in [6.45, 7) is 10.5. The van der Waals surface area contributed by atoms with E-state index in [1.54, 1.807) is 0 Å². The number of rotatable bonds is 34. The molecule has 0 aromatic rings. The molecule has 0 aliphatic rings.